The molecule has 0 radical (unpaired) electrons. The first kappa shape index (κ1) is 15.1. The third-order valence-electron chi connectivity index (χ3n) is 3.65. The van der Waals surface area contributed by atoms with E-state index < -0.39 is 0 Å². The van der Waals surface area contributed by atoms with Crippen LogP contribution in [0.15, 0.2) is 48.5 Å². The van der Waals surface area contributed by atoms with Crippen LogP contribution >= 0.6 is 0 Å². The molecule has 3 rings (SSSR count). The second-order valence-corrected chi connectivity index (χ2v) is 5.39. The summed E-state index contributed by atoms with van der Waals surface area (Å²) in [5, 5.41) is 5.60. The van der Waals surface area contributed by atoms with Crippen molar-refractivity contribution in [1.29, 1.82) is 0 Å². The van der Waals surface area contributed by atoms with E-state index in [2.05, 4.69) is 22.8 Å². The van der Waals surface area contributed by atoms with Crippen molar-refractivity contribution >= 4 is 17.5 Å². The van der Waals surface area contributed by atoms with Gasteiger partial charge < -0.3 is 15.4 Å². The summed E-state index contributed by atoms with van der Waals surface area (Å²) in [5.74, 6) is 0.207. The van der Waals surface area contributed by atoms with Crippen LogP contribution in [0.1, 0.15) is 22.3 Å². The number of aryl methyl sites for hydroxylation is 1. The minimum absolute atomic E-state index is 0.0187. The first-order valence-electron chi connectivity index (χ1n) is 7.61. The molecule has 1 heterocycles. The Kier molecular flexibility index (Phi) is 4.57. The lowest BCUT2D eigenvalue weighted by molar-refractivity contribution is -0.118. The lowest BCUT2D eigenvalue weighted by Gasteiger charge is -2.18. The second kappa shape index (κ2) is 6.96. The molecule has 118 valence electrons. The van der Waals surface area contributed by atoms with Gasteiger partial charge in [0.15, 0.2) is 6.61 Å². The number of ether oxygens (including phenoxy) is 1. The maximum absolute atomic E-state index is 12.2. The molecule has 0 fully saturated rings. The summed E-state index contributed by atoms with van der Waals surface area (Å²) >= 11 is 0. The van der Waals surface area contributed by atoms with E-state index in [-0.39, 0.29) is 18.4 Å². The largest absolute Gasteiger partial charge is 0.482 e. The molecule has 2 amide bonds. The van der Waals surface area contributed by atoms with Crippen LogP contribution in [-0.2, 0) is 11.2 Å². The van der Waals surface area contributed by atoms with Gasteiger partial charge in [-0.1, -0.05) is 30.3 Å². The summed E-state index contributed by atoms with van der Waals surface area (Å²) in [5.41, 5.74) is 2.39. The predicted molar refractivity (Wildman–Crippen MR) is 87.7 cm³/mol. The Hall–Kier alpha value is -2.82. The SMILES string of the molecule is O=C1COc2cc(C(=O)NCCCc3ccccc3)ccc2N1. The number of carbonyl (C=O) groups excluding carboxylic acids is 2. The summed E-state index contributed by atoms with van der Waals surface area (Å²) in [4.78, 5) is 23.4. The van der Waals surface area contributed by atoms with Gasteiger partial charge in [-0.3, -0.25) is 9.59 Å². The molecule has 0 unspecified atom stereocenters. The highest BCUT2D eigenvalue weighted by atomic mass is 16.5. The van der Waals surface area contributed by atoms with E-state index >= 15 is 0 Å². The maximum Gasteiger partial charge on any atom is 0.262 e. The number of fused-ring (bicyclic) bond motifs is 1. The van der Waals surface area contributed by atoms with Crippen molar-refractivity contribution in [2.75, 3.05) is 18.5 Å². The molecule has 0 bridgehead atoms. The van der Waals surface area contributed by atoms with Crippen molar-refractivity contribution < 1.29 is 14.3 Å². The van der Waals surface area contributed by atoms with Crippen LogP contribution in [0.2, 0.25) is 0 Å². The molecule has 2 aromatic rings. The van der Waals surface area contributed by atoms with E-state index in [0.29, 0.717) is 23.5 Å². The number of hydrogen-bond acceptors (Lipinski definition) is 3. The van der Waals surface area contributed by atoms with Gasteiger partial charge in [0, 0.05) is 12.1 Å². The molecule has 0 atom stereocenters. The normalized spacial score (nSPS) is 12.8. The molecule has 1 aliphatic heterocycles. The molecule has 0 saturated carbocycles. The van der Waals surface area contributed by atoms with Gasteiger partial charge >= 0.3 is 0 Å². The zero-order valence-electron chi connectivity index (χ0n) is 12.7. The Labute approximate surface area is 134 Å². The highest BCUT2D eigenvalue weighted by molar-refractivity contribution is 5.98. The maximum atomic E-state index is 12.2. The van der Waals surface area contributed by atoms with Crippen LogP contribution in [-0.4, -0.2) is 25.0 Å². The zero-order valence-corrected chi connectivity index (χ0v) is 12.7. The van der Waals surface area contributed by atoms with Crippen LogP contribution in [0, 0.1) is 0 Å². The first-order valence-corrected chi connectivity index (χ1v) is 7.61. The van der Waals surface area contributed by atoms with E-state index in [4.69, 9.17) is 4.74 Å². The van der Waals surface area contributed by atoms with Crippen molar-refractivity contribution in [1.82, 2.24) is 5.32 Å². The Bertz CT molecular complexity index is 713. The third-order valence-corrected chi connectivity index (χ3v) is 3.65. The van der Waals surface area contributed by atoms with Crippen molar-refractivity contribution in [3.63, 3.8) is 0 Å². The topological polar surface area (TPSA) is 67.4 Å². The molecule has 5 heteroatoms. The smallest absolute Gasteiger partial charge is 0.262 e. The number of carbonyl (C=O) groups is 2. The molecule has 2 aromatic carbocycles. The molecular weight excluding hydrogens is 292 g/mol. The fourth-order valence-corrected chi connectivity index (χ4v) is 2.46. The monoisotopic (exact) mass is 310 g/mol. The minimum Gasteiger partial charge on any atom is -0.482 e. The van der Waals surface area contributed by atoms with E-state index in [1.165, 1.54) is 5.56 Å². The Morgan fingerprint density at radius 3 is 2.83 bits per heavy atom. The van der Waals surface area contributed by atoms with E-state index in [9.17, 15) is 9.59 Å². The number of nitrogens with one attached hydrogen (secondary N) is 2. The second-order valence-electron chi connectivity index (χ2n) is 5.39. The standard InChI is InChI=1S/C18H18N2O3/c21-17-12-23-16-11-14(8-9-15(16)20-17)18(22)19-10-4-7-13-5-2-1-3-6-13/h1-3,5-6,8-9,11H,4,7,10,12H2,(H,19,22)(H,20,21). The van der Waals surface area contributed by atoms with Crippen LogP contribution in [0.25, 0.3) is 0 Å². The van der Waals surface area contributed by atoms with Gasteiger partial charge in [-0.2, -0.15) is 0 Å². The number of anilines is 1. The van der Waals surface area contributed by atoms with Crippen LogP contribution in [0.4, 0.5) is 5.69 Å². The fourth-order valence-electron chi connectivity index (χ4n) is 2.46. The quantitative estimate of drug-likeness (QED) is 0.833. The van der Waals surface area contributed by atoms with Gasteiger partial charge in [0.05, 0.1) is 5.69 Å². The summed E-state index contributed by atoms with van der Waals surface area (Å²) < 4.78 is 5.32. The van der Waals surface area contributed by atoms with Gasteiger partial charge in [-0.25, -0.2) is 0 Å². The predicted octanol–water partition coefficient (Wildman–Crippen LogP) is 2.38. The minimum atomic E-state index is -0.185. The lowest BCUT2D eigenvalue weighted by atomic mass is 10.1. The molecule has 0 aromatic heterocycles. The van der Waals surface area contributed by atoms with Crippen molar-refractivity contribution in [3.05, 3.63) is 59.7 Å². The molecule has 2 N–H and O–H groups in total. The average Bonchev–Trinajstić information content (AvgIpc) is 2.59. The molecular formula is C18H18N2O3. The Balaban J connectivity index is 1.51. The van der Waals surface area contributed by atoms with Crippen molar-refractivity contribution in [2.24, 2.45) is 0 Å². The summed E-state index contributed by atoms with van der Waals surface area (Å²) in [6.45, 7) is 0.595. The highest BCUT2D eigenvalue weighted by Crippen LogP contribution is 2.28. The molecule has 23 heavy (non-hydrogen) atoms. The fraction of sp³-hybridized carbons (Fsp3) is 0.222. The van der Waals surface area contributed by atoms with Gasteiger partial charge in [0.25, 0.3) is 11.8 Å². The van der Waals surface area contributed by atoms with Gasteiger partial charge in [-0.05, 0) is 36.6 Å². The van der Waals surface area contributed by atoms with Crippen LogP contribution < -0.4 is 15.4 Å². The van der Waals surface area contributed by atoms with E-state index in [1.807, 2.05) is 18.2 Å². The van der Waals surface area contributed by atoms with Gasteiger partial charge in [0.1, 0.15) is 5.75 Å². The van der Waals surface area contributed by atoms with Crippen LogP contribution in [0.3, 0.4) is 0 Å². The number of rotatable bonds is 5. The van der Waals surface area contributed by atoms with E-state index in [0.717, 1.165) is 12.8 Å². The van der Waals surface area contributed by atoms with Crippen molar-refractivity contribution in [3.8, 4) is 5.75 Å². The molecule has 0 aliphatic carbocycles. The summed E-state index contributed by atoms with van der Waals surface area (Å²) in [6.07, 6.45) is 1.81. The van der Waals surface area contributed by atoms with Crippen LogP contribution in [0.5, 0.6) is 5.75 Å². The highest BCUT2D eigenvalue weighted by Gasteiger charge is 2.17. The number of benzene rings is 2. The average molecular weight is 310 g/mol. The summed E-state index contributed by atoms with van der Waals surface area (Å²) in [6, 6.07) is 15.2. The third kappa shape index (κ3) is 3.88. The number of amides is 2. The molecule has 1 aliphatic rings. The van der Waals surface area contributed by atoms with Gasteiger partial charge in [0.2, 0.25) is 0 Å². The molecule has 0 saturated heterocycles. The summed E-state index contributed by atoms with van der Waals surface area (Å²) in [7, 11) is 0. The van der Waals surface area contributed by atoms with Crippen molar-refractivity contribution in [2.45, 2.75) is 12.8 Å². The van der Waals surface area contributed by atoms with E-state index in [1.54, 1.807) is 18.2 Å². The Morgan fingerprint density at radius 1 is 1.17 bits per heavy atom. The molecule has 5 nitrogen and oxygen atoms in total. The first-order chi connectivity index (χ1) is 11.2. The number of hydrogen-bond donors (Lipinski definition) is 2. The zero-order chi connectivity index (χ0) is 16.1. The lowest BCUT2D eigenvalue weighted by Crippen LogP contribution is -2.27. The Morgan fingerprint density at radius 2 is 2.00 bits per heavy atom. The molecule has 0 spiro atoms. The van der Waals surface area contributed by atoms with Gasteiger partial charge in [-0.15, -0.1) is 0 Å².